The second kappa shape index (κ2) is 6.24. The first-order valence-electron chi connectivity index (χ1n) is 5.04. The van der Waals surface area contributed by atoms with Gasteiger partial charge in [0.05, 0.1) is 10.7 Å². The predicted octanol–water partition coefficient (Wildman–Crippen LogP) is 5.53. The molecule has 0 atom stereocenters. The summed E-state index contributed by atoms with van der Waals surface area (Å²) < 4.78 is 1.79. The van der Waals surface area contributed by atoms with Crippen molar-refractivity contribution in [3.05, 3.63) is 55.1 Å². The number of aromatic nitrogens is 1. The second-order valence-electron chi connectivity index (χ2n) is 3.57. The Labute approximate surface area is 132 Å². The molecule has 0 radical (unpaired) electrons. The van der Waals surface area contributed by atoms with Gasteiger partial charge < -0.3 is 5.32 Å². The van der Waals surface area contributed by atoms with Gasteiger partial charge in [0.25, 0.3) is 0 Å². The van der Waals surface area contributed by atoms with Gasteiger partial charge in [-0.15, -0.1) is 0 Å². The van der Waals surface area contributed by atoms with Crippen LogP contribution in [0.1, 0.15) is 5.56 Å². The summed E-state index contributed by atoms with van der Waals surface area (Å²) in [7, 11) is 0. The molecule has 0 bridgehead atoms. The maximum atomic E-state index is 6.05. The molecule has 0 aliphatic heterocycles. The fourth-order valence-electron chi connectivity index (χ4n) is 1.44. The highest BCUT2D eigenvalue weighted by atomic mass is 79.9. The lowest BCUT2D eigenvalue weighted by molar-refractivity contribution is 1.12. The lowest BCUT2D eigenvalue weighted by atomic mass is 10.2. The van der Waals surface area contributed by atoms with Crippen molar-refractivity contribution in [3.63, 3.8) is 0 Å². The summed E-state index contributed by atoms with van der Waals surface area (Å²) in [5.41, 5.74) is 1.92. The number of benzene rings is 1. The lowest BCUT2D eigenvalue weighted by Gasteiger charge is -2.12. The van der Waals surface area contributed by atoms with Crippen molar-refractivity contribution in [1.82, 2.24) is 4.98 Å². The molecule has 94 valence electrons. The number of anilines is 1. The Balaban J connectivity index is 2.19. The standard InChI is InChI=1S/C12H8Br2Cl2N2/c13-9-3-8(15)4-10(14)12(9)18-5-7-1-2-17-6-11(7)16/h1-4,6,18H,5H2. The van der Waals surface area contributed by atoms with Crippen molar-refractivity contribution in [2.75, 3.05) is 5.32 Å². The molecule has 0 saturated carbocycles. The van der Waals surface area contributed by atoms with Crippen LogP contribution in [-0.4, -0.2) is 4.98 Å². The molecule has 0 spiro atoms. The molecular formula is C12H8Br2Cl2N2. The van der Waals surface area contributed by atoms with Gasteiger partial charge in [0.15, 0.2) is 0 Å². The summed E-state index contributed by atoms with van der Waals surface area (Å²) in [5.74, 6) is 0. The zero-order valence-electron chi connectivity index (χ0n) is 9.05. The molecule has 1 heterocycles. The van der Waals surface area contributed by atoms with Crippen LogP contribution in [-0.2, 0) is 6.54 Å². The highest BCUT2D eigenvalue weighted by Crippen LogP contribution is 2.34. The van der Waals surface area contributed by atoms with Gasteiger partial charge in [-0.3, -0.25) is 4.98 Å². The topological polar surface area (TPSA) is 24.9 Å². The van der Waals surface area contributed by atoms with Gasteiger partial charge in [-0.05, 0) is 55.6 Å². The summed E-state index contributed by atoms with van der Waals surface area (Å²) in [6, 6.07) is 5.55. The summed E-state index contributed by atoms with van der Waals surface area (Å²) >= 11 is 18.9. The van der Waals surface area contributed by atoms with E-state index < -0.39 is 0 Å². The first-order valence-corrected chi connectivity index (χ1v) is 7.39. The van der Waals surface area contributed by atoms with Crippen LogP contribution >= 0.6 is 55.1 Å². The van der Waals surface area contributed by atoms with Gasteiger partial charge in [-0.2, -0.15) is 0 Å². The minimum absolute atomic E-state index is 0.611. The molecule has 1 N–H and O–H groups in total. The zero-order valence-corrected chi connectivity index (χ0v) is 13.7. The Kier molecular flexibility index (Phi) is 4.90. The van der Waals surface area contributed by atoms with E-state index in [2.05, 4.69) is 42.2 Å². The van der Waals surface area contributed by atoms with Gasteiger partial charge in [-0.25, -0.2) is 0 Å². The quantitative estimate of drug-likeness (QED) is 0.720. The van der Waals surface area contributed by atoms with E-state index in [1.807, 2.05) is 18.2 Å². The lowest BCUT2D eigenvalue weighted by Crippen LogP contribution is -2.01. The van der Waals surface area contributed by atoms with E-state index in [1.165, 1.54) is 0 Å². The van der Waals surface area contributed by atoms with Crippen LogP contribution in [0.5, 0.6) is 0 Å². The normalized spacial score (nSPS) is 10.4. The molecule has 0 fully saturated rings. The maximum Gasteiger partial charge on any atom is 0.0639 e. The van der Waals surface area contributed by atoms with Gasteiger partial charge in [0.2, 0.25) is 0 Å². The highest BCUT2D eigenvalue weighted by molar-refractivity contribution is 9.11. The fourth-order valence-corrected chi connectivity index (χ4v) is 3.58. The number of halogens is 4. The molecule has 1 aromatic heterocycles. The molecule has 0 unspecified atom stereocenters. The van der Waals surface area contributed by atoms with Crippen LogP contribution in [0.25, 0.3) is 0 Å². The third-order valence-corrected chi connectivity index (χ3v) is 4.13. The third-order valence-electron chi connectivity index (χ3n) is 2.32. The number of hydrogen-bond donors (Lipinski definition) is 1. The summed E-state index contributed by atoms with van der Waals surface area (Å²) in [5, 5.41) is 4.61. The summed E-state index contributed by atoms with van der Waals surface area (Å²) in [4.78, 5) is 3.95. The molecule has 0 amide bonds. The Bertz CT molecular complexity index is 553. The average Bonchev–Trinajstić information content (AvgIpc) is 2.30. The summed E-state index contributed by atoms with van der Waals surface area (Å²) in [6.45, 7) is 0.611. The molecule has 0 saturated heterocycles. The van der Waals surface area contributed by atoms with E-state index >= 15 is 0 Å². The molecule has 2 nitrogen and oxygen atoms in total. The molecular weight excluding hydrogens is 403 g/mol. The number of rotatable bonds is 3. The predicted molar refractivity (Wildman–Crippen MR) is 83.4 cm³/mol. The fraction of sp³-hybridized carbons (Fsp3) is 0.0833. The first-order chi connectivity index (χ1) is 8.58. The van der Waals surface area contributed by atoms with Crippen molar-refractivity contribution < 1.29 is 0 Å². The smallest absolute Gasteiger partial charge is 0.0639 e. The van der Waals surface area contributed by atoms with Crippen LogP contribution in [0.15, 0.2) is 39.5 Å². The van der Waals surface area contributed by atoms with E-state index in [9.17, 15) is 0 Å². The minimum atomic E-state index is 0.611. The maximum absolute atomic E-state index is 6.05. The van der Waals surface area contributed by atoms with Crippen molar-refractivity contribution >= 4 is 60.7 Å². The zero-order chi connectivity index (χ0) is 13.1. The van der Waals surface area contributed by atoms with Gasteiger partial charge in [0.1, 0.15) is 0 Å². The molecule has 18 heavy (non-hydrogen) atoms. The number of pyridine rings is 1. The van der Waals surface area contributed by atoms with E-state index in [1.54, 1.807) is 12.4 Å². The van der Waals surface area contributed by atoms with Gasteiger partial charge in [-0.1, -0.05) is 23.2 Å². The van der Waals surface area contributed by atoms with Gasteiger partial charge in [0, 0.05) is 32.9 Å². The van der Waals surface area contributed by atoms with Crippen LogP contribution in [0.3, 0.4) is 0 Å². The van der Waals surface area contributed by atoms with Crippen LogP contribution in [0.4, 0.5) is 5.69 Å². The number of hydrogen-bond acceptors (Lipinski definition) is 2. The van der Waals surface area contributed by atoms with Gasteiger partial charge >= 0.3 is 0 Å². The largest absolute Gasteiger partial charge is 0.379 e. The van der Waals surface area contributed by atoms with E-state index in [0.29, 0.717) is 16.6 Å². The SMILES string of the molecule is Clc1cc(Br)c(NCc2ccncc2Cl)c(Br)c1. The Morgan fingerprint density at radius 2 is 1.83 bits per heavy atom. The van der Waals surface area contributed by atoms with Crippen molar-refractivity contribution in [1.29, 1.82) is 0 Å². The van der Waals surface area contributed by atoms with Crippen LogP contribution in [0, 0.1) is 0 Å². The second-order valence-corrected chi connectivity index (χ2v) is 6.12. The van der Waals surface area contributed by atoms with Crippen LogP contribution < -0.4 is 5.32 Å². The summed E-state index contributed by atoms with van der Waals surface area (Å²) in [6.07, 6.45) is 3.35. The Morgan fingerprint density at radius 3 is 2.44 bits per heavy atom. The molecule has 2 rings (SSSR count). The average molecular weight is 411 g/mol. The monoisotopic (exact) mass is 408 g/mol. The van der Waals surface area contributed by atoms with Crippen molar-refractivity contribution in [2.45, 2.75) is 6.54 Å². The van der Waals surface area contributed by atoms with E-state index in [0.717, 1.165) is 20.2 Å². The Morgan fingerprint density at radius 1 is 1.17 bits per heavy atom. The molecule has 2 aromatic rings. The van der Waals surface area contributed by atoms with Crippen LogP contribution in [0.2, 0.25) is 10.0 Å². The third kappa shape index (κ3) is 3.38. The molecule has 0 aliphatic carbocycles. The number of nitrogens with one attached hydrogen (secondary N) is 1. The van der Waals surface area contributed by atoms with E-state index in [4.69, 9.17) is 23.2 Å². The minimum Gasteiger partial charge on any atom is -0.379 e. The van der Waals surface area contributed by atoms with E-state index in [-0.39, 0.29) is 0 Å². The highest BCUT2D eigenvalue weighted by Gasteiger charge is 2.07. The van der Waals surface area contributed by atoms with Crippen molar-refractivity contribution in [2.24, 2.45) is 0 Å². The molecule has 0 aliphatic rings. The molecule has 6 heteroatoms. The number of nitrogens with zero attached hydrogens (tertiary/aromatic N) is 1. The molecule has 1 aromatic carbocycles. The Hall–Kier alpha value is -0.290. The first kappa shape index (κ1) is 14.1. The van der Waals surface area contributed by atoms with Crippen molar-refractivity contribution in [3.8, 4) is 0 Å².